The van der Waals surface area contributed by atoms with Crippen molar-refractivity contribution in [2.75, 3.05) is 5.73 Å². The third kappa shape index (κ3) is 1.24. The smallest absolute Gasteiger partial charge is 0.0405 e. The number of hydrogen-bond acceptors (Lipinski definition) is 2. The number of nitrogens with two attached hydrogens (primary N) is 1. The van der Waals surface area contributed by atoms with Gasteiger partial charge in [0.05, 0.1) is 0 Å². The van der Waals surface area contributed by atoms with Crippen molar-refractivity contribution in [3.05, 3.63) is 28.8 Å². The fourth-order valence-electron chi connectivity index (χ4n) is 1.05. The summed E-state index contributed by atoms with van der Waals surface area (Å²) in [6.45, 7) is 3.99. The summed E-state index contributed by atoms with van der Waals surface area (Å²) in [6.07, 6.45) is 1.30. The fraction of sp³-hybridized carbons (Fsp3) is 0.222. The van der Waals surface area contributed by atoms with E-state index in [-0.39, 0.29) is 0 Å². The molecule has 0 unspecified atom stereocenters. The topological polar surface area (TPSA) is 49.9 Å². The van der Waals surface area contributed by atoms with Crippen molar-refractivity contribution in [2.24, 2.45) is 0 Å². The van der Waals surface area contributed by atoms with Crippen molar-refractivity contribution in [3.8, 4) is 0 Å². The molecule has 0 aliphatic rings. The minimum absolute atomic E-state index is 0.683. The first-order valence-corrected chi connectivity index (χ1v) is 3.53. The third-order valence-electron chi connectivity index (χ3n) is 1.96. The SMILES string of the molecule is Cc1ccc(N)c(C=N)c1C. The maximum absolute atomic E-state index is 7.12. The van der Waals surface area contributed by atoms with Gasteiger partial charge in [-0.2, -0.15) is 0 Å². The molecule has 2 nitrogen and oxygen atoms in total. The summed E-state index contributed by atoms with van der Waals surface area (Å²) in [4.78, 5) is 0. The van der Waals surface area contributed by atoms with E-state index in [0.717, 1.165) is 11.1 Å². The van der Waals surface area contributed by atoms with Crippen LogP contribution in [0.1, 0.15) is 16.7 Å². The van der Waals surface area contributed by atoms with E-state index in [4.69, 9.17) is 11.1 Å². The second-order valence-corrected chi connectivity index (χ2v) is 2.65. The Morgan fingerprint density at radius 1 is 1.36 bits per heavy atom. The van der Waals surface area contributed by atoms with Crippen LogP contribution in [0.15, 0.2) is 12.1 Å². The van der Waals surface area contributed by atoms with Crippen LogP contribution in [0.4, 0.5) is 5.69 Å². The average Bonchev–Trinajstić information content (AvgIpc) is 1.99. The Kier molecular flexibility index (Phi) is 1.94. The first-order chi connectivity index (χ1) is 5.16. The molecule has 11 heavy (non-hydrogen) atoms. The number of anilines is 1. The Morgan fingerprint density at radius 2 is 2.00 bits per heavy atom. The first kappa shape index (κ1) is 7.79. The number of aryl methyl sites for hydroxylation is 1. The average molecular weight is 148 g/mol. The van der Waals surface area contributed by atoms with Crippen LogP contribution < -0.4 is 5.73 Å². The Bertz CT molecular complexity index is 290. The second-order valence-electron chi connectivity index (χ2n) is 2.65. The molecule has 0 aliphatic carbocycles. The molecular weight excluding hydrogens is 136 g/mol. The van der Waals surface area contributed by atoms with Gasteiger partial charge < -0.3 is 11.1 Å². The van der Waals surface area contributed by atoms with E-state index in [1.165, 1.54) is 11.8 Å². The highest BCUT2D eigenvalue weighted by Gasteiger charge is 2.01. The van der Waals surface area contributed by atoms with Gasteiger partial charge in [0.2, 0.25) is 0 Å². The molecule has 0 fully saturated rings. The Morgan fingerprint density at radius 3 is 2.45 bits per heavy atom. The van der Waals surface area contributed by atoms with Gasteiger partial charge in [0.1, 0.15) is 0 Å². The van der Waals surface area contributed by atoms with Gasteiger partial charge >= 0.3 is 0 Å². The van der Waals surface area contributed by atoms with Gasteiger partial charge in [0, 0.05) is 17.5 Å². The van der Waals surface area contributed by atoms with E-state index < -0.39 is 0 Å². The molecule has 1 aromatic carbocycles. The maximum atomic E-state index is 7.12. The Labute approximate surface area is 66.6 Å². The zero-order chi connectivity index (χ0) is 8.43. The molecule has 0 atom stereocenters. The number of nitrogen functional groups attached to an aromatic ring is 1. The molecule has 0 aromatic heterocycles. The normalized spacial score (nSPS) is 9.64. The minimum Gasteiger partial charge on any atom is -0.398 e. The fourth-order valence-corrected chi connectivity index (χ4v) is 1.05. The summed E-state index contributed by atoms with van der Waals surface area (Å²) in [7, 11) is 0. The molecule has 1 aromatic rings. The lowest BCUT2D eigenvalue weighted by atomic mass is 10.0. The van der Waals surface area contributed by atoms with Crippen LogP contribution >= 0.6 is 0 Å². The molecule has 0 bridgehead atoms. The second kappa shape index (κ2) is 2.74. The van der Waals surface area contributed by atoms with Crippen LogP contribution in [0.25, 0.3) is 0 Å². The summed E-state index contributed by atoms with van der Waals surface area (Å²) in [5.41, 5.74) is 9.45. The van der Waals surface area contributed by atoms with Gasteiger partial charge in [0.15, 0.2) is 0 Å². The van der Waals surface area contributed by atoms with Crippen LogP contribution in [0.3, 0.4) is 0 Å². The monoisotopic (exact) mass is 148 g/mol. The molecule has 0 aliphatic heterocycles. The van der Waals surface area contributed by atoms with E-state index in [9.17, 15) is 0 Å². The van der Waals surface area contributed by atoms with Crippen molar-refractivity contribution in [2.45, 2.75) is 13.8 Å². The summed E-state index contributed by atoms with van der Waals surface area (Å²) >= 11 is 0. The molecule has 0 saturated carbocycles. The van der Waals surface area contributed by atoms with E-state index in [2.05, 4.69) is 0 Å². The largest absolute Gasteiger partial charge is 0.398 e. The zero-order valence-electron chi connectivity index (χ0n) is 6.81. The zero-order valence-corrected chi connectivity index (χ0v) is 6.81. The van der Waals surface area contributed by atoms with Crippen LogP contribution in [0, 0.1) is 19.3 Å². The quantitative estimate of drug-likeness (QED) is 0.463. The van der Waals surface area contributed by atoms with E-state index in [1.807, 2.05) is 26.0 Å². The lowest BCUT2D eigenvalue weighted by Gasteiger charge is -2.06. The lowest BCUT2D eigenvalue weighted by Crippen LogP contribution is -1.97. The van der Waals surface area contributed by atoms with Crippen molar-refractivity contribution < 1.29 is 0 Å². The lowest BCUT2D eigenvalue weighted by molar-refractivity contribution is 1.33. The Hall–Kier alpha value is -1.31. The van der Waals surface area contributed by atoms with Gasteiger partial charge in [-0.15, -0.1) is 0 Å². The van der Waals surface area contributed by atoms with Gasteiger partial charge in [0.25, 0.3) is 0 Å². The highest BCUT2D eigenvalue weighted by atomic mass is 14.6. The highest BCUT2D eigenvalue weighted by molar-refractivity contribution is 5.87. The summed E-state index contributed by atoms with van der Waals surface area (Å²) in [5, 5.41) is 7.12. The van der Waals surface area contributed by atoms with Crippen LogP contribution in [-0.4, -0.2) is 6.21 Å². The predicted octanol–water partition coefficient (Wildman–Crippen LogP) is 1.88. The van der Waals surface area contributed by atoms with Crippen molar-refractivity contribution >= 4 is 11.9 Å². The molecule has 0 heterocycles. The van der Waals surface area contributed by atoms with Crippen LogP contribution in [-0.2, 0) is 0 Å². The van der Waals surface area contributed by atoms with Crippen molar-refractivity contribution in [3.63, 3.8) is 0 Å². The number of hydrogen-bond donors (Lipinski definition) is 2. The van der Waals surface area contributed by atoms with Gasteiger partial charge in [-0.3, -0.25) is 0 Å². The molecule has 0 radical (unpaired) electrons. The first-order valence-electron chi connectivity index (χ1n) is 3.53. The molecular formula is C9H12N2. The standard InChI is InChI=1S/C9H12N2/c1-6-3-4-9(11)8(5-10)7(6)2/h3-5,10H,11H2,1-2H3. The summed E-state index contributed by atoms with van der Waals surface area (Å²) < 4.78 is 0. The molecule has 1 rings (SSSR count). The van der Waals surface area contributed by atoms with E-state index in [1.54, 1.807) is 0 Å². The number of rotatable bonds is 1. The van der Waals surface area contributed by atoms with Gasteiger partial charge in [-0.25, -0.2) is 0 Å². The van der Waals surface area contributed by atoms with Crippen molar-refractivity contribution in [1.29, 1.82) is 5.41 Å². The van der Waals surface area contributed by atoms with E-state index in [0.29, 0.717) is 5.69 Å². The summed E-state index contributed by atoms with van der Waals surface area (Å²) in [6, 6.07) is 3.81. The molecule has 3 N–H and O–H groups in total. The minimum atomic E-state index is 0.683. The molecule has 58 valence electrons. The molecule has 2 heteroatoms. The maximum Gasteiger partial charge on any atom is 0.0405 e. The Balaban J connectivity index is 3.40. The van der Waals surface area contributed by atoms with Gasteiger partial charge in [-0.05, 0) is 31.0 Å². The summed E-state index contributed by atoms with van der Waals surface area (Å²) in [5.74, 6) is 0. The van der Waals surface area contributed by atoms with Crippen LogP contribution in [0.2, 0.25) is 0 Å². The van der Waals surface area contributed by atoms with Crippen molar-refractivity contribution in [1.82, 2.24) is 0 Å². The molecule has 0 saturated heterocycles. The van der Waals surface area contributed by atoms with Crippen LogP contribution in [0.5, 0.6) is 0 Å². The highest BCUT2D eigenvalue weighted by Crippen LogP contribution is 2.17. The third-order valence-corrected chi connectivity index (χ3v) is 1.96. The molecule has 0 spiro atoms. The van der Waals surface area contributed by atoms with Gasteiger partial charge in [-0.1, -0.05) is 6.07 Å². The number of nitrogens with one attached hydrogen (secondary N) is 1. The number of benzene rings is 1. The predicted molar refractivity (Wildman–Crippen MR) is 48.2 cm³/mol. The van der Waals surface area contributed by atoms with E-state index >= 15 is 0 Å². The molecule has 0 amide bonds.